The third-order valence-electron chi connectivity index (χ3n) is 4.99. The number of carbonyl (C=O) groups excluding carboxylic acids is 2. The highest BCUT2D eigenvalue weighted by Gasteiger charge is 2.31. The zero-order chi connectivity index (χ0) is 18.8. The van der Waals surface area contributed by atoms with Crippen LogP contribution in [0, 0.1) is 0 Å². The second kappa shape index (κ2) is 7.52. The molecule has 2 amide bonds. The van der Waals surface area contributed by atoms with Crippen LogP contribution in [0.5, 0.6) is 0 Å². The van der Waals surface area contributed by atoms with E-state index in [0.717, 1.165) is 41.1 Å². The number of hydrogen-bond acceptors (Lipinski definition) is 4. The number of para-hydroxylation sites is 2. The van der Waals surface area contributed by atoms with Gasteiger partial charge in [0.05, 0.1) is 22.0 Å². The monoisotopic (exact) mass is 382 g/mol. The lowest BCUT2D eigenvalue weighted by Gasteiger charge is -2.23. The maximum absolute atomic E-state index is 12.8. The maximum atomic E-state index is 12.8. The van der Waals surface area contributed by atoms with Gasteiger partial charge in [0.1, 0.15) is 5.82 Å². The van der Waals surface area contributed by atoms with Crippen LogP contribution in [-0.2, 0) is 11.2 Å². The number of rotatable bonds is 5. The van der Waals surface area contributed by atoms with Crippen molar-refractivity contribution in [3.05, 3.63) is 52.0 Å². The van der Waals surface area contributed by atoms with Crippen molar-refractivity contribution in [2.75, 3.05) is 13.6 Å². The summed E-state index contributed by atoms with van der Waals surface area (Å²) in [5, 5.41) is 2.65. The average Bonchev–Trinajstić information content (AvgIpc) is 3.43. The Morgan fingerprint density at radius 1 is 1.30 bits per heavy atom. The van der Waals surface area contributed by atoms with Gasteiger partial charge in [-0.05, 0) is 37.1 Å². The number of aryl methyl sites for hydroxylation is 1. The van der Waals surface area contributed by atoms with Gasteiger partial charge < -0.3 is 15.2 Å². The number of carbonyl (C=O) groups is 2. The van der Waals surface area contributed by atoms with E-state index in [4.69, 9.17) is 0 Å². The highest BCUT2D eigenvalue weighted by atomic mass is 32.1. The fraction of sp³-hybridized carbons (Fsp3) is 0.350. The number of H-pyrrole nitrogens is 1. The molecule has 3 aromatic rings. The van der Waals surface area contributed by atoms with Crippen molar-refractivity contribution in [1.82, 2.24) is 20.2 Å². The summed E-state index contributed by atoms with van der Waals surface area (Å²) >= 11 is 1.48. The van der Waals surface area contributed by atoms with Gasteiger partial charge in [-0.15, -0.1) is 11.3 Å². The molecule has 1 unspecified atom stereocenters. The molecule has 140 valence electrons. The summed E-state index contributed by atoms with van der Waals surface area (Å²) in [6.07, 6.45) is 2.98. The number of thiophene rings is 1. The first-order chi connectivity index (χ1) is 13.2. The van der Waals surface area contributed by atoms with Crippen LogP contribution in [0.3, 0.4) is 0 Å². The van der Waals surface area contributed by atoms with Gasteiger partial charge in [0.25, 0.3) is 5.91 Å². The van der Waals surface area contributed by atoms with Crippen LogP contribution < -0.4 is 5.32 Å². The van der Waals surface area contributed by atoms with Gasteiger partial charge in [0.15, 0.2) is 0 Å². The molecule has 4 rings (SSSR count). The van der Waals surface area contributed by atoms with Gasteiger partial charge in [0, 0.05) is 31.3 Å². The Hall–Kier alpha value is -2.67. The minimum absolute atomic E-state index is 0.0768. The topological polar surface area (TPSA) is 78.1 Å². The smallest absolute Gasteiger partial charge is 0.261 e. The molecule has 0 radical (unpaired) electrons. The molecule has 3 heterocycles. The van der Waals surface area contributed by atoms with Crippen molar-refractivity contribution in [2.24, 2.45) is 0 Å². The van der Waals surface area contributed by atoms with Crippen LogP contribution in [0.4, 0.5) is 0 Å². The van der Waals surface area contributed by atoms with Crippen LogP contribution in [0.2, 0.25) is 0 Å². The molecule has 0 spiro atoms. The number of aromatic nitrogens is 2. The van der Waals surface area contributed by atoms with Crippen molar-refractivity contribution >= 4 is 34.2 Å². The van der Waals surface area contributed by atoms with Gasteiger partial charge in [-0.3, -0.25) is 9.59 Å². The summed E-state index contributed by atoms with van der Waals surface area (Å²) < 4.78 is 0. The van der Waals surface area contributed by atoms with E-state index < -0.39 is 0 Å². The quantitative estimate of drug-likeness (QED) is 0.711. The molecule has 6 nitrogen and oxygen atoms in total. The molecule has 1 fully saturated rings. The van der Waals surface area contributed by atoms with Crippen molar-refractivity contribution in [2.45, 2.75) is 31.7 Å². The molecule has 7 heteroatoms. The van der Waals surface area contributed by atoms with E-state index in [1.807, 2.05) is 41.3 Å². The van der Waals surface area contributed by atoms with E-state index in [9.17, 15) is 9.59 Å². The van der Waals surface area contributed by atoms with Gasteiger partial charge in [-0.2, -0.15) is 0 Å². The Kier molecular flexibility index (Phi) is 4.94. The Bertz CT molecular complexity index is 944. The summed E-state index contributed by atoms with van der Waals surface area (Å²) in [5.74, 6) is 0.915. The number of benzene rings is 1. The summed E-state index contributed by atoms with van der Waals surface area (Å²) in [4.78, 5) is 36.2. The first-order valence-corrected chi connectivity index (χ1v) is 10.0. The Balaban J connectivity index is 1.42. The molecular formula is C20H22N4O2S. The minimum atomic E-state index is -0.0768. The molecule has 1 aliphatic rings. The van der Waals surface area contributed by atoms with Crippen molar-refractivity contribution in [3.63, 3.8) is 0 Å². The van der Waals surface area contributed by atoms with E-state index >= 15 is 0 Å². The third kappa shape index (κ3) is 3.60. The SMILES string of the molecule is CNC(=O)c1ccc(C2CCCN2C(=O)CCc2nc3ccccc3[nH]2)s1. The number of fused-ring (bicyclic) bond motifs is 1. The Labute approximate surface area is 161 Å². The first-order valence-electron chi connectivity index (χ1n) is 9.20. The molecule has 27 heavy (non-hydrogen) atoms. The zero-order valence-corrected chi connectivity index (χ0v) is 16.0. The lowest BCUT2D eigenvalue weighted by Crippen LogP contribution is -2.30. The predicted molar refractivity (Wildman–Crippen MR) is 106 cm³/mol. The number of aromatic amines is 1. The predicted octanol–water partition coefficient (Wildman–Crippen LogP) is 3.28. The van der Waals surface area contributed by atoms with E-state index in [-0.39, 0.29) is 17.9 Å². The average molecular weight is 382 g/mol. The molecule has 1 atom stereocenters. The van der Waals surface area contributed by atoms with Gasteiger partial charge in [0.2, 0.25) is 5.91 Å². The van der Waals surface area contributed by atoms with Crippen molar-refractivity contribution in [3.8, 4) is 0 Å². The van der Waals surface area contributed by atoms with Crippen LogP contribution in [-0.4, -0.2) is 40.3 Å². The molecule has 0 aliphatic carbocycles. The number of amides is 2. The first kappa shape index (κ1) is 17.7. The standard InChI is InChI=1S/C20H22N4O2S/c1-21-20(26)17-9-8-16(27-17)15-7-4-12-24(15)19(25)11-10-18-22-13-5-2-3-6-14(13)23-18/h2-3,5-6,8-9,15H,4,7,10-12H2,1H3,(H,21,26)(H,22,23). The maximum Gasteiger partial charge on any atom is 0.261 e. The molecule has 2 N–H and O–H groups in total. The largest absolute Gasteiger partial charge is 0.354 e. The second-order valence-electron chi connectivity index (χ2n) is 6.73. The highest BCUT2D eigenvalue weighted by molar-refractivity contribution is 7.14. The summed E-state index contributed by atoms with van der Waals surface area (Å²) in [5.41, 5.74) is 1.93. The zero-order valence-electron chi connectivity index (χ0n) is 15.2. The molecule has 1 aliphatic heterocycles. The lowest BCUT2D eigenvalue weighted by molar-refractivity contribution is -0.132. The molecule has 1 saturated heterocycles. The normalized spacial score (nSPS) is 16.8. The fourth-order valence-corrected chi connectivity index (χ4v) is 4.73. The third-order valence-corrected chi connectivity index (χ3v) is 6.18. The number of hydrogen-bond donors (Lipinski definition) is 2. The Morgan fingerprint density at radius 3 is 2.96 bits per heavy atom. The molecule has 0 saturated carbocycles. The summed E-state index contributed by atoms with van der Waals surface area (Å²) in [6, 6.07) is 11.8. The molecule has 0 bridgehead atoms. The van der Waals surface area contributed by atoms with Crippen molar-refractivity contribution in [1.29, 1.82) is 0 Å². The number of nitrogens with zero attached hydrogens (tertiary/aromatic N) is 2. The van der Waals surface area contributed by atoms with Crippen LogP contribution in [0.25, 0.3) is 11.0 Å². The molecule has 1 aromatic carbocycles. The van der Waals surface area contributed by atoms with E-state index in [0.29, 0.717) is 17.7 Å². The Morgan fingerprint density at radius 2 is 2.15 bits per heavy atom. The molecule has 2 aromatic heterocycles. The van der Waals surface area contributed by atoms with Gasteiger partial charge in [-0.25, -0.2) is 4.98 Å². The van der Waals surface area contributed by atoms with Crippen LogP contribution in [0.15, 0.2) is 36.4 Å². The van der Waals surface area contributed by atoms with Crippen LogP contribution in [0.1, 0.15) is 45.7 Å². The van der Waals surface area contributed by atoms with E-state index in [2.05, 4.69) is 15.3 Å². The van der Waals surface area contributed by atoms with Crippen molar-refractivity contribution < 1.29 is 9.59 Å². The molecular weight excluding hydrogens is 360 g/mol. The minimum Gasteiger partial charge on any atom is -0.354 e. The lowest BCUT2D eigenvalue weighted by atomic mass is 10.1. The van der Waals surface area contributed by atoms with E-state index in [1.54, 1.807) is 7.05 Å². The number of likely N-dealkylation sites (tertiary alicyclic amines) is 1. The van der Waals surface area contributed by atoms with Crippen LogP contribution >= 0.6 is 11.3 Å². The summed E-state index contributed by atoms with van der Waals surface area (Å²) in [7, 11) is 1.63. The highest BCUT2D eigenvalue weighted by Crippen LogP contribution is 2.36. The second-order valence-corrected chi connectivity index (χ2v) is 7.84. The summed E-state index contributed by atoms with van der Waals surface area (Å²) in [6.45, 7) is 0.775. The number of nitrogens with one attached hydrogen (secondary N) is 2. The number of imidazole rings is 1. The van der Waals surface area contributed by atoms with E-state index in [1.165, 1.54) is 11.3 Å². The fourth-order valence-electron chi connectivity index (χ4n) is 3.63. The van der Waals surface area contributed by atoms with Gasteiger partial charge >= 0.3 is 0 Å². The van der Waals surface area contributed by atoms with Gasteiger partial charge in [-0.1, -0.05) is 12.1 Å².